The highest BCUT2D eigenvalue weighted by Crippen LogP contribution is 2.27. The molecule has 2 rings (SSSR count). The van der Waals surface area contributed by atoms with Gasteiger partial charge in [0.05, 0.1) is 18.1 Å². The van der Waals surface area contributed by atoms with Gasteiger partial charge in [0.15, 0.2) is 0 Å². The Bertz CT molecular complexity index is 374. The fourth-order valence-electron chi connectivity index (χ4n) is 2.46. The molecule has 0 aromatic heterocycles. The summed E-state index contributed by atoms with van der Waals surface area (Å²) in [5, 5.41) is 19.6. The van der Waals surface area contributed by atoms with Gasteiger partial charge in [0.1, 0.15) is 5.78 Å². The van der Waals surface area contributed by atoms with Gasteiger partial charge in [0.25, 0.3) is 0 Å². The second-order valence-electron chi connectivity index (χ2n) is 4.69. The predicted molar refractivity (Wildman–Crippen MR) is 64.5 cm³/mol. The van der Waals surface area contributed by atoms with E-state index in [4.69, 9.17) is 0 Å². The van der Waals surface area contributed by atoms with Gasteiger partial charge < -0.3 is 10.2 Å². The van der Waals surface area contributed by atoms with E-state index in [1.807, 2.05) is 30.3 Å². The maximum absolute atomic E-state index is 11.5. The summed E-state index contributed by atoms with van der Waals surface area (Å²) in [6, 6.07) is 9.86. The van der Waals surface area contributed by atoms with Gasteiger partial charge in [-0.15, -0.1) is 0 Å². The van der Waals surface area contributed by atoms with Crippen molar-refractivity contribution < 1.29 is 15.0 Å². The lowest BCUT2D eigenvalue weighted by molar-refractivity contribution is -0.126. The van der Waals surface area contributed by atoms with Crippen LogP contribution in [0.25, 0.3) is 0 Å². The molecule has 3 nitrogen and oxygen atoms in total. The molecule has 1 aromatic carbocycles. The molecule has 0 radical (unpaired) electrons. The normalized spacial score (nSPS) is 26.1. The molecule has 1 aliphatic rings. The number of Topliss-reactive ketones (excluding diaryl/α,β-unsaturated/α-hetero) is 1. The maximum atomic E-state index is 11.5. The van der Waals surface area contributed by atoms with Crippen LogP contribution in [0.3, 0.4) is 0 Å². The largest absolute Gasteiger partial charge is 0.392 e. The van der Waals surface area contributed by atoms with E-state index < -0.39 is 18.1 Å². The van der Waals surface area contributed by atoms with E-state index in [1.165, 1.54) is 0 Å². The molecule has 2 N–H and O–H groups in total. The van der Waals surface area contributed by atoms with Gasteiger partial charge in [0, 0.05) is 6.42 Å². The number of aliphatic hydroxyl groups excluding tert-OH is 2. The third-order valence-electron chi connectivity index (χ3n) is 3.46. The molecule has 3 heteroatoms. The van der Waals surface area contributed by atoms with Gasteiger partial charge >= 0.3 is 0 Å². The summed E-state index contributed by atoms with van der Waals surface area (Å²) in [4.78, 5) is 11.5. The Labute approximate surface area is 101 Å². The minimum Gasteiger partial charge on any atom is -0.392 e. The summed E-state index contributed by atoms with van der Waals surface area (Å²) in [6.07, 6.45) is 0.768. The van der Waals surface area contributed by atoms with Crippen molar-refractivity contribution in [1.82, 2.24) is 0 Å². The first-order chi connectivity index (χ1) is 8.18. The highest BCUT2D eigenvalue weighted by atomic mass is 16.3. The Kier molecular flexibility index (Phi) is 3.92. The molecule has 1 aromatic rings. The topological polar surface area (TPSA) is 57.5 Å². The third-order valence-corrected chi connectivity index (χ3v) is 3.46. The molecule has 1 aliphatic carbocycles. The van der Waals surface area contributed by atoms with Gasteiger partial charge in [-0.25, -0.2) is 0 Å². The van der Waals surface area contributed by atoms with Crippen LogP contribution >= 0.6 is 0 Å². The van der Waals surface area contributed by atoms with E-state index in [0.717, 1.165) is 12.0 Å². The minimum atomic E-state index is -0.722. The standard InChI is InChI=1S/C14H18O3/c15-11(14-12(16)8-9-13(14)17)7-6-10-4-2-1-3-5-10/h1-5,11-12,14-16H,6-9H2/t11-,12+,14+/m1/s1. The van der Waals surface area contributed by atoms with E-state index >= 15 is 0 Å². The van der Waals surface area contributed by atoms with Gasteiger partial charge in [-0.2, -0.15) is 0 Å². The van der Waals surface area contributed by atoms with Crippen molar-refractivity contribution in [2.75, 3.05) is 0 Å². The molecule has 92 valence electrons. The smallest absolute Gasteiger partial charge is 0.141 e. The van der Waals surface area contributed by atoms with Crippen molar-refractivity contribution in [2.24, 2.45) is 5.92 Å². The van der Waals surface area contributed by atoms with Crippen LogP contribution in [0.1, 0.15) is 24.8 Å². The van der Waals surface area contributed by atoms with Crippen LogP contribution in [-0.2, 0) is 11.2 Å². The first-order valence-electron chi connectivity index (χ1n) is 6.11. The molecular formula is C14H18O3. The quantitative estimate of drug-likeness (QED) is 0.826. The van der Waals surface area contributed by atoms with Crippen LogP contribution in [0.4, 0.5) is 0 Å². The molecule has 3 atom stereocenters. The number of hydrogen-bond acceptors (Lipinski definition) is 3. The van der Waals surface area contributed by atoms with Crippen molar-refractivity contribution in [1.29, 1.82) is 0 Å². The number of aliphatic hydroxyl groups is 2. The van der Waals surface area contributed by atoms with Crippen molar-refractivity contribution in [3.05, 3.63) is 35.9 Å². The van der Waals surface area contributed by atoms with Crippen LogP contribution < -0.4 is 0 Å². The van der Waals surface area contributed by atoms with E-state index in [9.17, 15) is 15.0 Å². The Morgan fingerprint density at radius 2 is 2.00 bits per heavy atom. The molecule has 1 fully saturated rings. The molecule has 0 bridgehead atoms. The Morgan fingerprint density at radius 1 is 1.29 bits per heavy atom. The fraction of sp³-hybridized carbons (Fsp3) is 0.500. The zero-order valence-electron chi connectivity index (χ0n) is 9.75. The maximum Gasteiger partial charge on any atom is 0.141 e. The predicted octanol–water partition coefficient (Wildman–Crippen LogP) is 1.32. The Balaban J connectivity index is 1.89. The van der Waals surface area contributed by atoms with Gasteiger partial charge in [-0.1, -0.05) is 30.3 Å². The second kappa shape index (κ2) is 5.43. The van der Waals surface area contributed by atoms with Crippen LogP contribution in [-0.4, -0.2) is 28.2 Å². The zero-order valence-corrected chi connectivity index (χ0v) is 9.75. The van der Waals surface area contributed by atoms with Crippen molar-refractivity contribution >= 4 is 5.78 Å². The lowest BCUT2D eigenvalue weighted by Crippen LogP contribution is -2.32. The summed E-state index contributed by atoms with van der Waals surface area (Å²) in [5.41, 5.74) is 1.14. The number of carbonyl (C=O) groups excluding carboxylic acids is 1. The van der Waals surface area contributed by atoms with E-state index in [-0.39, 0.29) is 5.78 Å². The van der Waals surface area contributed by atoms with Crippen LogP contribution in [0.5, 0.6) is 0 Å². The van der Waals surface area contributed by atoms with E-state index in [1.54, 1.807) is 0 Å². The monoisotopic (exact) mass is 234 g/mol. The molecule has 0 amide bonds. The lowest BCUT2D eigenvalue weighted by Gasteiger charge is -2.19. The minimum absolute atomic E-state index is 0.00179. The second-order valence-corrected chi connectivity index (χ2v) is 4.69. The number of hydrogen-bond donors (Lipinski definition) is 2. The molecule has 0 spiro atoms. The summed E-state index contributed by atoms with van der Waals surface area (Å²) in [6.45, 7) is 0. The molecule has 17 heavy (non-hydrogen) atoms. The Hall–Kier alpha value is -1.19. The van der Waals surface area contributed by atoms with Crippen molar-refractivity contribution in [2.45, 2.75) is 37.9 Å². The molecule has 0 aliphatic heterocycles. The van der Waals surface area contributed by atoms with Gasteiger partial charge in [-0.05, 0) is 24.8 Å². The number of ketones is 1. The zero-order chi connectivity index (χ0) is 12.3. The highest BCUT2D eigenvalue weighted by Gasteiger charge is 2.38. The van der Waals surface area contributed by atoms with Crippen LogP contribution in [0.15, 0.2) is 30.3 Å². The first kappa shape index (κ1) is 12.3. The van der Waals surface area contributed by atoms with Gasteiger partial charge in [-0.3, -0.25) is 4.79 Å². The SMILES string of the molecule is O=C1CC[C@H](O)[C@@H]1[C@H](O)CCc1ccccc1. The molecule has 0 saturated heterocycles. The Morgan fingerprint density at radius 3 is 2.59 bits per heavy atom. The number of carbonyl (C=O) groups is 1. The average molecular weight is 234 g/mol. The number of benzene rings is 1. The van der Waals surface area contributed by atoms with Gasteiger partial charge in [0.2, 0.25) is 0 Å². The fourth-order valence-corrected chi connectivity index (χ4v) is 2.46. The first-order valence-corrected chi connectivity index (χ1v) is 6.11. The summed E-state index contributed by atoms with van der Waals surface area (Å²) >= 11 is 0. The molecule has 0 heterocycles. The highest BCUT2D eigenvalue weighted by molar-refractivity contribution is 5.84. The summed E-state index contributed by atoms with van der Waals surface area (Å²) in [5.74, 6) is -0.572. The lowest BCUT2D eigenvalue weighted by atomic mass is 9.93. The third kappa shape index (κ3) is 2.93. The molecule has 0 unspecified atom stereocenters. The number of aryl methyl sites for hydroxylation is 1. The molecular weight excluding hydrogens is 216 g/mol. The molecule has 1 saturated carbocycles. The van der Waals surface area contributed by atoms with Crippen molar-refractivity contribution in [3.63, 3.8) is 0 Å². The van der Waals surface area contributed by atoms with E-state index in [2.05, 4.69) is 0 Å². The average Bonchev–Trinajstić information content (AvgIpc) is 2.67. The van der Waals surface area contributed by atoms with Crippen LogP contribution in [0, 0.1) is 5.92 Å². The summed E-state index contributed by atoms with van der Waals surface area (Å²) in [7, 11) is 0. The summed E-state index contributed by atoms with van der Waals surface area (Å²) < 4.78 is 0. The van der Waals surface area contributed by atoms with E-state index in [0.29, 0.717) is 19.3 Å². The number of rotatable bonds is 4. The van der Waals surface area contributed by atoms with Crippen molar-refractivity contribution in [3.8, 4) is 0 Å². The van der Waals surface area contributed by atoms with Crippen LogP contribution in [0.2, 0.25) is 0 Å².